The number of hydrogen-bond donors (Lipinski definition) is 0. The second kappa shape index (κ2) is 4.45. The van der Waals surface area contributed by atoms with E-state index in [4.69, 9.17) is 9.47 Å². The van der Waals surface area contributed by atoms with Crippen LogP contribution in [0.1, 0.15) is 37.3 Å². The highest BCUT2D eigenvalue weighted by molar-refractivity contribution is 6.02. The minimum absolute atomic E-state index is 0.352. The highest BCUT2D eigenvalue weighted by Crippen LogP contribution is 2.54. The molecular formula is C18H18O4. The molecule has 1 aromatic carbocycles. The Morgan fingerprint density at radius 1 is 1.23 bits per heavy atom. The molecule has 4 nitrogen and oxygen atoms in total. The Hall–Kier alpha value is -2.10. The number of aryl methyl sites for hydroxylation is 1. The van der Waals surface area contributed by atoms with Gasteiger partial charge in [0.15, 0.2) is 0 Å². The number of rotatable bonds is 1. The number of allylic oxidation sites excluding steroid dienone is 1. The van der Waals surface area contributed by atoms with Crippen molar-refractivity contribution < 1.29 is 19.1 Å². The van der Waals surface area contributed by atoms with Crippen molar-refractivity contribution in [2.75, 3.05) is 7.11 Å². The van der Waals surface area contributed by atoms with E-state index in [9.17, 15) is 9.59 Å². The van der Waals surface area contributed by atoms with Crippen LogP contribution in [0.4, 0.5) is 0 Å². The molecule has 3 aliphatic rings. The summed E-state index contributed by atoms with van der Waals surface area (Å²) in [6.07, 6.45) is 3.19. The van der Waals surface area contributed by atoms with E-state index < -0.39 is 5.41 Å². The predicted octanol–water partition coefficient (Wildman–Crippen LogP) is 2.89. The Labute approximate surface area is 129 Å². The van der Waals surface area contributed by atoms with Gasteiger partial charge in [-0.3, -0.25) is 9.59 Å². The first kappa shape index (κ1) is 13.6. The van der Waals surface area contributed by atoms with Crippen molar-refractivity contribution in [3.05, 3.63) is 34.9 Å². The summed E-state index contributed by atoms with van der Waals surface area (Å²) in [5.74, 6) is -0.246. The minimum Gasteiger partial charge on any atom is -0.497 e. The molecule has 4 heteroatoms. The molecule has 1 heterocycles. The van der Waals surface area contributed by atoms with E-state index in [0.29, 0.717) is 6.42 Å². The van der Waals surface area contributed by atoms with Crippen LogP contribution in [0.2, 0.25) is 0 Å². The average molecular weight is 298 g/mol. The van der Waals surface area contributed by atoms with Gasteiger partial charge < -0.3 is 9.47 Å². The number of esters is 2. The molecule has 2 aliphatic carbocycles. The Morgan fingerprint density at radius 2 is 2.05 bits per heavy atom. The molecule has 0 N–H and O–H groups in total. The SMILES string of the molecule is COc1ccc2c(c1)CCC1=C2CC[C@]2(C)C(=O)OC(=O)[C@@H]12. The number of hydrogen-bond acceptors (Lipinski definition) is 4. The lowest BCUT2D eigenvalue weighted by Gasteiger charge is -2.37. The monoisotopic (exact) mass is 298 g/mol. The Balaban J connectivity index is 1.85. The number of benzene rings is 1. The topological polar surface area (TPSA) is 52.6 Å². The van der Waals surface area contributed by atoms with E-state index in [1.54, 1.807) is 7.11 Å². The fraction of sp³-hybridized carbons (Fsp3) is 0.444. The van der Waals surface area contributed by atoms with Crippen molar-refractivity contribution >= 4 is 17.5 Å². The summed E-state index contributed by atoms with van der Waals surface area (Å²) in [6.45, 7) is 1.87. The van der Waals surface area contributed by atoms with Crippen LogP contribution in [0.25, 0.3) is 5.57 Å². The zero-order valence-corrected chi connectivity index (χ0v) is 12.8. The first-order chi connectivity index (χ1) is 10.5. The maximum absolute atomic E-state index is 12.2. The summed E-state index contributed by atoms with van der Waals surface area (Å²) < 4.78 is 10.3. The Morgan fingerprint density at radius 3 is 2.82 bits per heavy atom. The molecule has 1 aliphatic heterocycles. The second-order valence-corrected chi connectivity index (χ2v) is 6.59. The van der Waals surface area contributed by atoms with Crippen molar-refractivity contribution in [3.8, 4) is 5.75 Å². The van der Waals surface area contributed by atoms with E-state index in [0.717, 1.165) is 30.6 Å². The summed E-state index contributed by atoms with van der Waals surface area (Å²) in [5, 5.41) is 0. The summed E-state index contributed by atoms with van der Waals surface area (Å²) in [5.41, 5.74) is 4.15. The normalized spacial score (nSPS) is 29.6. The van der Waals surface area contributed by atoms with Crippen molar-refractivity contribution in [1.29, 1.82) is 0 Å². The Kier molecular flexibility index (Phi) is 2.74. The van der Waals surface area contributed by atoms with Gasteiger partial charge in [0, 0.05) is 0 Å². The molecule has 2 atom stereocenters. The summed E-state index contributed by atoms with van der Waals surface area (Å²) in [6, 6.07) is 6.11. The number of methoxy groups -OCH3 is 1. The van der Waals surface area contributed by atoms with E-state index in [2.05, 4.69) is 12.1 Å². The maximum atomic E-state index is 12.2. The quantitative estimate of drug-likeness (QED) is 0.591. The van der Waals surface area contributed by atoms with Crippen molar-refractivity contribution in [2.24, 2.45) is 11.3 Å². The molecule has 1 fully saturated rings. The number of ether oxygens (including phenoxy) is 2. The van der Waals surface area contributed by atoms with Gasteiger partial charge in [-0.05, 0) is 61.4 Å². The summed E-state index contributed by atoms with van der Waals surface area (Å²) in [4.78, 5) is 24.3. The van der Waals surface area contributed by atoms with Gasteiger partial charge in [-0.15, -0.1) is 0 Å². The lowest BCUT2D eigenvalue weighted by molar-refractivity contribution is -0.155. The predicted molar refractivity (Wildman–Crippen MR) is 80.2 cm³/mol. The molecule has 0 aromatic heterocycles. The van der Waals surface area contributed by atoms with Crippen LogP contribution in [-0.2, 0) is 20.7 Å². The summed E-state index contributed by atoms with van der Waals surface area (Å²) in [7, 11) is 1.67. The maximum Gasteiger partial charge on any atom is 0.321 e. The van der Waals surface area contributed by atoms with Crippen LogP contribution in [0.3, 0.4) is 0 Å². The van der Waals surface area contributed by atoms with Crippen LogP contribution in [0, 0.1) is 11.3 Å². The fourth-order valence-corrected chi connectivity index (χ4v) is 4.21. The van der Waals surface area contributed by atoms with Crippen LogP contribution in [0.15, 0.2) is 23.8 Å². The average Bonchev–Trinajstić information content (AvgIpc) is 2.76. The lowest BCUT2D eigenvalue weighted by Crippen LogP contribution is -2.36. The van der Waals surface area contributed by atoms with Crippen LogP contribution < -0.4 is 4.74 Å². The zero-order valence-electron chi connectivity index (χ0n) is 12.8. The molecule has 4 rings (SSSR count). The molecule has 0 unspecified atom stereocenters. The van der Waals surface area contributed by atoms with Gasteiger partial charge in [-0.2, -0.15) is 0 Å². The molecule has 0 saturated carbocycles. The van der Waals surface area contributed by atoms with Gasteiger partial charge in [0.2, 0.25) is 0 Å². The molecule has 1 saturated heterocycles. The third-order valence-electron chi connectivity index (χ3n) is 5.46. The number of cyclic esters (lactones) is 2. The first-order valence-electron chi connectivity index (χ1n) is 7.70. The number of fused-ring (bicyclic) bond motifs is 4. The van der Waals surface area contributed by atoms with E-state index in [1.807, 2.05) is 13.0 Å². The standard InChI is InChI=1S/C18H18O4/c1-18-8-7-13-12-6-4-11(21-2)9-10(12)3-5-14(13)15(18)16(19)22-17(18)20/h4,6,9,15H,3,5,7-8H2,1-2H3/t15-,18+/m1/s1. The fourth-order valence-electron chi connectivity index (χ4n) is 4.21. The third-order valence-corrected chi connectivity index (χ3v) is 5.46. The van der Waals surface area contributed by atoms with E-state index in [1.165, 1.54) is 16.7 Å². The number of carbonyl (C=O) groups excluding carboxylic acids is 2. The molecule has 1 aromatic rings. The molecule has 0 radical (unpaired) electrons. The van der Waals surface area contributed by atoms with Crippen molar-refractivity contribution in [2.45, 2.75) is 32.6 Å². The molecule has 0 bridgehead atoms. The molecular weight excluding hydrogens is 280 g/mol. The zero-order chi connectivity index (χ0) is 15.5. The highest BCUT2D eigenvalue weighted by atomic mass is 16.6. The minimum atomic E-state index is -0.667. The van der Waals surface area contributed by atoms with Gasteiger partial charge in [0.25, 0.3) is 0 Å². The third kappa shape index (κ3) is 1.64. The molecule has 22 heavy (non-hydrogen) atoms. The van der Waals surface area contributed by atoms with Gasteiger partial charge in [-0.25, -0.2) is 0 Å². The highest BCUT2D eigenvalue weighted by Gasteiger charge is 2.58. The van der Waals surface area contributed by atoms with Crippen LogP contribution >= 0.6 is 0 Å². The van der Waals surface area contributed by atoms with Gasteiger partial charge in [0.1, 0.15) is 5.75 Å². The van der Waals surface area contributed by atoms with E-state index in [-0.39, 0.29) is 17.9 Å². The van der Waals surface area contributed by atoms with Crippen LogP contribution in [0.5, 0.6) is 5.75 Å². The Bertz CT molecular complexity index is 731. The van der Waals surface area contributed by atoms with Gasteiger partial charge >= 0.3 is 11.9 Å². The van der Waals surface area contributed by atoms with E-state index >= 15 is 0 Å². The first-order valence-corrected chi connectivity index (χ1v) is 7.70. The second-order valence-electron chi connectivity index (χ2n) is 6.59. The smallest absolute Gasteiger partial charge is 0.321 e. The molecule has 114 valence electrons. The van der Waals surface area contributed by atoms with Crippen molar-refractivity contribution in [1.82, 2.24) is 0 Å². The molecule has 0 amide bonds. The molecule has 0 spiro atoms. The largest absolute Gasteiger partial charge is 0.497 e. The van der Waals surface area contributed by atoms with Crippen LogP contribution in [-0.4, -0.2) is 19.0 Å². The van der Waals surface area contributed by atoms with Gasteiger partial charge in [0.05, 0.1) is 18.4 Å². The summed E-state index contributed by atoms with van der Waals surface area (Å²) >= 11 is 0. The van der Waals surface area contributed by atoms with Gasteiger partial charge in [-0.1, -0.05) is 11.6 Å². The van der Waals surface area contributed by atoms with Crippen molar-refractivity contribution in [3.63, 3.8) is 0 Å². The lowest BCUT2D eigenvalue weighted by atomic mass is 9.62. The number of carbonyl (C=O) groups is 2.